The number of rotatable bonds is 8. The van der Waals surface area contributed by atoms with Gasteiger partial charge in [0.25, 0.3) is 0 Å². The van der Waals surface area contributed by atoms with Crippen LogP contribution in [0.3, 0.4) is 0 Å². The highest BCUT2D eigenvalue weighted by atomic mass is 16.5. The summed E-state index contributed by atoms with van der Waals surface area (Å²) in [6.07, 6.45) is 0. The lowest BCUT2D eigenvalue weighted by molar-refractivity contribution is -0.155. The van der Waals surface area contributed by atoms with Crippen LogP contribution in [0.25, 0.3) is 0 Å². The number of carboxylic acid groups (broad SMARTS) is 2. The van der Waals surface area contributed by atoms with Gasteiger partial charge in [0.05, 0.1) is 0 Å². The summed E-state index contributed by atoms with van der Waals surface area (Å²) in [6.45, 7) is 2.43. The van der Waals surface area contributed by atoms with E-state index in [-0.39, 0.29) is 45.6 Å². The number of aromatic hydroxyl groups is 4. The molecule has 0 amide bonds. The molecule has 0 radical (unpaired) electrons. The Labute approximate surface area is 193 Å². The number of hydrogen-bond donors (Lipinski definition) is 6. The van der Waals surface area contributed by atoms with Gasteiger partial charge in [-0.15, -0.1) is 0 Å². The molecule has 0 spiro atoms. The van der Waals surface area contributed by atoms with Crippen LogP contribution in [0.1, 0.15) is 25.0 Å². The molecule has 0 heterocycles. The largest absolute Gasteiger partial charge is 0.508 e. The third-order valence-corrected chi connectivity index (χ3v) is 5.17. The molecule has 0 saturated heterocycles. The van der Waals surface area contributed by atoms with Crippen molar-refractivity contribution in [1.82, 2.24) is 0 Å². The smallest absolute Gasteiger partial charge is 0.352 e. The van der Waals surface area contributed by atoms with Crippen molar-refractivity contribution in [1.29, 1.82) is 0 Å². The van der Waals surface area contributed by atoms with Gasteiger partial charge in [0, 0.05) is 29.3 Å². The van der Waals surface area contributed by atoms with Gasteiger partial charge in [-0.05, 0) is 50.2 Å². The maximum atomic E-state index is 12.1. The molecule has 10 heteroatoms. The molecule has 6 N–H and O–H groups in total. The van der Waals surface area contributed by atoms with Crippen molar-refractivity contribution in [3.63, 3.8) is 0 Å². The van der Waals surface area contributed by atoms with Gasteiger partial charge >= 0.3 is 11.9 Å². The quantitative estimate of drug-likeness (QED) is 0.287. The van der Waals surface area contributed by atoms with Gasteiger partial charge in [0.1, 0.15) is 34.5 Å². The molecule has 34 heavy (non-hydrogen) atoms. The molecule has 3 aromatic rings. The van der Waals surface area contributed by atoms with Crippen molar-refractivity contribution in [2.24, 2.45) is 0 Å². The van der Waals surface area contributed by atoms with E-state index in [0.717, 1.165) is 36.4 Å². The molecule has 2 atom stereocenters. The molecular formula is C24H22O10. The van der Waals surface area contributed by atoms with E-state index in [0.29, 0.717) is 0 Å². The van der Waals surface area contributed by atoms with Gasteiger partial charge < -0.3 is 40.1 Å². The summed E-state index contributed by atoms with van der Waals surface area (Å²) in [5.74, 6) is -4.34. The van der Waals surface area contributed by atoms with Crippen LogP contribution in [0.15, 0.2) is 60.7 Å². The number of ether oxygens (including phenoxy) is 2. The van der Waals surface area contributed by atoms with E-state index in [4.69, 9.17) is 9.47 Å². The van der Waals surface area contributed by atoms with Crippen LogP contribution in [0.2, 0.25) is 0 Å². The minimum atomic E-state index is -2.04. The standard InChI is InChI=1S/C24H22O10/c1-23(21(29)30,13-6-15(25)10-16(26)7-13)33-19-4-3-5-20(12-19)34-24(2,22(31)32)14-8-17(27)11-18(28)9-14/h3-12,25-28H,1-2H3,(H,29,30)(H,31,32). The van der Waals surface area contributed by atoms with Crippen molar-refractivity contribution in [3.05, 3.63) is 71.8 Å². The molecule has 0 saturated carbocycles. The highest BCUT2D eigenvalue weighted by Gasteiger charge is 2.40. The zero-order chi connectivity index (χ0) is 25.3. The predicted octanol–water partition coefficient (Wildman–Crippen LogP) is 3.27. The lowest BCUT2D eigenvalue weighted by Crippen LogP contribution is -2.39. The van der Waals surface area contributed by atoms with Crippen LogP contribution < -0.4 is 9.47 Å². The van der Waals surface area contributed by atoms with Crippen LogP contribution in [-0.4, -0.2) is 42.6 Å². The highest BCUT2D eigenvalue weighted by molar-refractivity contribution is 5.80. The molecule has 10 nitrogen and oxygen atoms in total. The molecule has 2 unspecified atom stereocenters. The van der Waals surface area contributed by atoms with Gasteiger partial charge in [0.2, 0.25) is 11.2 Å². The van der Waals surface area contributed by atoms with Crippen LogP contribution >= 0.6 is 0 Å². The minimum Gasteiger partial charge on any atom is -0.508 e. The predicted molar refractivity (Wildman–Crippen MR) is 117 cm³/mol. The van der Waals surface area contributed by atoms with Crippen LogP contribution in [0.5, 0.6) is 34.5 Å². The molecule has 178 valence electrons. The SMILES string of the molecule is CC(Oc1cccc(OC(C)(C(=O)O)c2cc(O)cc(O)c2)c1)(C(=O)O)c1cc(O)cc(O)c1. The third kappa shape index (κ3) is 4.75. The van der Waals surface area contributed by atoms with Crippen LogP contribution in [0.4, 0.5) is 0 Å². The monoisotopic (exact) mass is 470 g/mol. The van der Waals surface area contributed by atoms with E-state index in [9.17, 15) is 40.2 Å². The number of phenols is 4. The van der Waals surface area contributed by atoms with E-state index in [2.05, 4.69) is 0 Å². The summed E-state index contributed by atoms with van der Waals surface area (Å²) in [6, 6.07) is 12.1. The van der Waals surface area contributed by atoms with Crippen molar-refractivity contribution >= 4 is 11.9 Å². The molecule has 0 bridgehead atoms. The average molecular weight is 470 g/mol. The molecule has 0 aliphatic rings. The lowest BCUT2D eigenvalue weighted by Gasteiger charge is -2.29. The Kier molecular flexibility index (Phi) is 6.18. The first-order valence-corrected chi connectivity index (χ1v) is 9.85. The number of carboxylic acids is 2. The summed E-state index contributed by atoms with van der Waals surface area (Å²) in [5.41, 5.74) is -4.17. The summed E-state index contributed by atoms with van der Waals surface area (Å²) in [5, 5.41) is 58.7. The molecule has 3 rings (SSSR count). The summed E-state index contributed by atoms with van der Waals surface area (Å²) in [7, 11) is 0. The van der Waals surface area contributed by atoms with E-state index in [1.807, 2.05) is 0 Å². The van der Waals surface area contributed by atoms with Crippen molar-refractivity contribution in [2.45, 2.75) is 25.0 Å². The van der Waals surface area contributed by atoms with E-state index >= 15 is 0 Å². The van der Waals surface area contributed by atoms with Crippen molar-refractivity contribution < 1.29 is 49.7 Å². The second-order valence-corrected chi connectivity index (χ2v) is 7.83. The number of benzene rings is 3. The maximum absolute atomic E-state index is 12.1. The lowest BCUT2D eigenvalue weighted by atomic mass is 9.95. The number of aliphatic carboxylic acids is 2. The fourth-order valence-electron chi connectivity index (χ4n) is 3.27. The molecule has 0 fully saturated rings. The Morgan fingerprint density at radius 3 is 1.24 bits per heavy atom. The fourth-order valence-corrected chi connectivity index (χ4v) is 3.27. The van der Waals surface area contributed by atoms with E-state index < -0.39 is 23.1 Å². The van der Waals surface area contributed by atoms with Gasteiger partial charge in [0.15, 0.2) is 0 Å². The van der Waals surface area contributed by atoms with Crippen molar-refractivity contribution in [3.8, 4) is 34.5 Å². The van der Waals surface area contributed by atoms with Crippen LogP contribution in [0, 0.1) is 0 Å². The van der Waals surface area contributed by atoms with Gasteiger partial charge in [-0.2, -0.15) is 0 Å². The Hall–Kier alpha value is -4.60. The number of hydrogen-bond acceptors (Lipinski definition) is 8. The summed E-state index contributed by atoms with van der Waals surface area (Å²) < 4.78 is 11.4. The third-order valence-electron chi connectivity index (χ3n) is 5.17. The Balaban J connectivity index is 1.98. The normalized spacial score (nSPS) is 14.4. The van der Waals surface area contributed by atoms with E-state index in [1.165, 1.54) is 38.1 Å². The second kappa shape index (κ2) is 8.74. The molecule has 3 aromatic carbocycles. The van der Waals surface area contributed by atoms with Crippen LogP contribution in [-0.2, 0) is 20.8 Å². The zero-order valence-electron chi connectivity index (χ0n) is 18.1. The Morgan fingerprint density at radius 2 is 0.941 bits per heavy atom. The maximum Gasteiger partial charge on any atom is 0.352 e. The Morgan fingerprint density at radius 1 is 0.618 bits per heavy atom. The van der Waals surface area contributed by atoms with E-state index in [1.54, 1.807) is 0 Å². The second-order valence-electron chi connectivity index (χ2n) is 7.83. The first-order chi connectivity index (χ1) is 15.8. The first-order valence-electron chi connectivity index (χ1n) is 9.85. The first kappa shape index (κ1) is 24.1. The van der Waals surface area contributed by atoms with Gasteiger partial charge in [-0.1, -0.05) is 6.07 Å². The van der Waals surface area contributed by atoms with Gasteiger partial charge in [-0.3, -0.25) is 0 Å². The topological polar surface area (TPSA) is 174 Å². The summed E-state index contributed by atoms with van der Waals surface area (Å²) >= 11 is 0. The molecular weight excluding hydrogens is 448 g/mol. The highest BCUT2D eigenvalue weighted by Crippen LogP contribution is 2.37. The Bertz CT molecular complexity index is 1120. The molecule has 0 aliphatic heterocycles. The van der Waals surface area contributed by atoms with Crippen molar-refractivity contribution in [2.75, 3.05) is 0 Å². The average Bonchev–Trinajstić information content (AvgIpc) is 2.72. The number of carbonyl (C=O) groups is 2. The summed E-state index contributed by atoms with van der Waals surface area (Å²) in [4.78, 5) is 24.1. The van der Waals surface area contributed by atoms with Gasteiger partial charge in [-0.25, -0.2) is 9.59 Å². The molecule has 0 aliphatic carbocycles. The number of phenolic OH excluding ortho intramolecular Hbond substituents is 4. The minimum absolute atomic E-state index is 0.0169. The fraction of sp³-hybridized carbons (Fsp3) is 0.167. The zero-order valence-corrected chi connectivity index (χ0v) is 18.1. The molecule has 0 aromatic heterocycles.